The zero-order valence-corrected chi connectivity index (χ0v) is 6.16. The first-order valence-corrected chi connectivity index (χ1v) is 3.26. The Morgan fingerprint density at radius 1 is 1.42 bits per heavy atom. The molecule has 1 amide bonds. The van der Waals surface area contributed by atoms with Crippen molar-refractivity contribution < 1.29 is 9.90 Å². The lowest BCUT2D eigenvalue weighted by Gasteiger charge is -2.00. The molecule has 1 aromatic rings. The molecule has 2 N–H and O–H groups in total. The summed E-state index contributed by atoms with van der Waals surface area (Å²) in [6.45, 7) is 0. The number of aromatic hydroxyl groups is 1. The number of carbonyl (C=O) groups excluding carboxylic acids is 1. The number of phenolic OH excluding ortho intramolecular Hbond substituents is 1. The first-order valence-electron chi connectivity index (χ1n) is 3.26. The third-order valence-corrected chi connectivity index (χ3v) is 1.38. The summed E-state index contributed by atoms with van der Waals surface area (Å²) in [4.78, 5) is 11.0. The van der Waals surface area contributed by atoms with E-state index in [0.29, 0.717) is 5.56 Å². The number of benzene rings is 1. The molecule has 0 spiro atoms. The maximum absolute atomic E-state index is 11.0. The fraction of sp³-hybridized carbons (Fsp3) is 0.222. The van der Waals surface area contributed by atoms with E-state index in [9.17, 15) is 4.79 Å². The molecule has 0 saturated heterocycles. The number of nitrogens with one attached hydrogen (secondary N) is 1. The van der Waals surface area contributed by atoms with E-state index >= 15 is 0 Å². The van der Waals surface area contributed by atoms with Crippen LogP contribution in [0.4, 0.5) is 0 Å². The first-order chi connectivity index (χ1) is 5.25. The van der Waals surface area contributed by atoms with Gasteiger partial charge in [0.1, 0.15) is 5.75 Å². The number of phenols is 1. The predicted molar refractivity (Wildman–Crippen MR) is 48.2 cm³/mol. The minimum absolute atomic E-state index is 0. The van der Waals surface area contributed by atoms with Crippen molar-refractivity contribution >= 4 is 5.91 Å². The second kappa shape index (κ2) is 4.38. The van der Waals surface area contributed by atoms with E-state index in [2.05, 4.69) is 5.32 Å². The van der Waals surface area contributed by atoms with E-state index in [1.54, 1.807) is 18.2 Å². The molecular weight excluding hydrogens is 154 g/mol. The fourth-order valence-corrected chi connectivity index (χ4v) is 0.800. The number of carbonyl (C=O) groups is 1. The number of amides is 1. The van der Waals surface area contributed by atoms with Gasteiger partial charge in [0, 0.05) is 7.05 Å². The summed E-state index contributed by atoms with van der Waals surface area (Å²) in [7, 11) is 1.52. The van der Waals surface area contributed by atoms with Crippen molar-refractivity contribution in [2.75, 3.05) is 7.05 Å². The van der Waals surface area contributed by atoms with E-state index in [4.69, 9.17) is 5.11 Å². The van der Waals surface area contributed by atoms with Crippen molar-refractivity contribution in [1.82, 2.24) is 5.32 Å². The summed E-state index contributed by atoms with van der Waals surface area (Å²) >= 11 is 0. The summed E-state index contributed by atoms with van der Waals surface area (Å²) in [5.74, 6) is -0.269. The quantitative estimate of drug-likeness (QED) is 0.664. The molecule has 0 heterocycles. The molecule has 1 aromatic carbocycles. The van der Waals surface area contributed by atoms with Crippen LogP contribution in [-0.2, 0) is 0 Å². The lowest BCUT2D eigenvalue weighted by atomic mass is 10.2. The molecule has 0 aliphatic heterocycles. The molecule has 66 valence electrons. The van der Waals surface area contributed by atoms with Crippen LogP contribution in [0.2, 0.25) is 0 Å². The van der Waals surface area contributed by atoms with Crippen LogP contribution < -0.4 is 5.32 Å². The van der Waals surface area contributed by atoms with Crippen molar-refractivity contribution in [3.63, 3.8) is 0 Å². The van der Waals surface area contributed by atoms with Gasteiger partial charge in [0.2, 0.25) is 0 Å². The molecule has 0 aromatic heterocycles. The van der Waals surface area contributed by atoms with E-state index in [1.165, 1.54) is 13.1 Å². The summed E-state index contributed by atoms with van der Waals surface area (Å²) < 4.78 is 0. The molecule has 0 unspecified atom stereocenters. The Morgan fingerprint density at radius 3 is 2.50 bits per heavy atom. The van der Waals surface area contributed by atoms with Crippen LogP contribution in [0.1, 0.15) is 17.8 Å². The average Bonchev–Trinajstić information content (AvgIpc) is 2.04. The maximum Gasteiger partial charge on any atom is 0.254 e. The topological polar surface area (TPSA) is 49.3 Å². The van der Waals surface area contributed by atoms with Gasteiger partial charge in [-0.15, -0.1) is 0 Å². The fourth-order valence-electron chi connectivity index (χ4n) is 0.800. The van der Waals surface area contributed by atoms with Crippen LogP contribution in [0.15, 0.2) is 24.3 Å². The molecule has 0 atom stereocenters. The average molecular weight is 167 g/mol. The highest BCUT2D eigenvalue weighted by atomic mass is 16.3. The third-order valence-electron chi connectivity index (χ3n) is 1.38. The van der Waals surface area contributed by atoms with Crippen LogP contribution >= 0.6 is 0 Å². The van der Waals surface area contributed by atoms with Crippen LogP contribution in [-0.4, -0.2) is 18.1 Å². The minimum atomic E-state index is -0.275. The number of rotatable bonds is 1. The van der Waals surface area contributed by atoms with Gasteiger partial charge in [0.25, 0.3) is 5.91 Å². The molecule has 0 aliphatic carbocycles. The number of para-hydroxylation sites is 1. The van der Waals surface area contributed by atoms with Gasteiger partial charge < -0.3 is 10.4 Å². The Morgan fingerprint density at radius 2 is 2.00 bits per heavy atom. The van der Waals surface area contributed by atoms with E-state index in [0.717, 1.165) is 0 Å². The van der Waals surface area contributed by atoms with Crippen molar-refractivity contribution in [2.45, 2.75) is 7.43 Å². The lowest BCUT2D eigenvalue weighted by molar-refractivity contribution is 0.0960. The Kier molecular flexibility index (Phi) is 3.83. The Labute approximate surface area is 72.0 Å². The molecule has 0 saturated carbocycles. The van der Waals surface area contributed by atoms with Crippen LogP contribution in [0, 0.1) is 0 Å². The monoisotopic (exact) mass is 167 g/mol. The van der Waals surface area contributed by atoms with E-state index < -0.39 is 0 Å². The molecule has 12 heavy (non-hydrogen) atoms. The van der Waals surface area contributed by atoms with Gasteiger partial charge in [-0.1, -0.05) is 19.6 Å². The van der Waals surface area contributed by atoms with Gasteiger partial charge in [-0.2, -0.15) is 0 Å². The van der Waals surface area contributed by atoms with Gasteiger partial charge in [0.05, 0.1) is 5.56 Å². The van der Waals surface area contributed by atoms with Crippen molar-refractivity contribution in [2.24, 2.45) is 0 Å². The van der Waals surface area contributed by atoms with Gasteiger partial charge >= 0.3 is 0 Å². The molecular formula is C9H13NO2. The van der Waals surface area contributed by atoms with Gasteiger partial charge in [-0.05, 0) is 12.1 Å². The molecule has 0 aliphatic rings. The Balaban J connectivity index is 0.00000121. The molecule has 0 fully saturated rings. The van der Waals surface area contributed by atoms with Crippen molar-refractivity contribution in [1.29, 1.82) is 0 Å². The summed E-state index contributed by atoms with van der Waals surface area (Å²) in [5, 5.41) is 11.6. The lowest BCUT2D eigenvalue weighted by Crippen LogP contribution is -2.17. The third kappa shape index (κ3) is 1.99. The number of hydrogen-bond donors (Lipinski definition) is 2. The molecule has 3 nitrogen and oxygen atoms in total. The smallest absolute Gasteiger partial charge is 0.254 e. The first kappa shape index (κ1) is 10.5. The Hall–Kier alpha value is -1.51. The predicted octanol–water partition coefficient (Wildman–Crippen LogP) is 1.39. The summed E-state index contributed by atoms with van der Waals surface area (Å²) in [6, 6.07) is 6.41. The van der Waals surface area contributed by atoms with Crippen molar-refractivity contribution in [3.05, 3.63) is 29.8 Å². The highest BCUT2D eigenvalue weighted by molar-refractivity contribution is 5.96. The van der Waals surface area contributed by atoms with Gasteiger partial charge in [-0.25, -0.2) is 0 Å². The number of hydrogen-bond acceptors (Lipinski definition) is 2. The Bertz CT molecular complexity index is 271. The van der Waals surface area contributed by atoms with E-state index in [1.807, 2.05) is 0 Å². The zero-order valence-electron chi connectivity index (χ0n) is 6.16. The SMILES string of the molecule is C.CNC(=O)c1ccccc1O. The largest absolute Gasteiger partial charge is 0.507 e. The summed E-state index contributed by atoms with van der Waals surface area (Å²) in [5.41, 5.74) is 0.301. The highest BCUT2D eigenvalue weighted by Crippen LogP contribution is 2.14. The van der Waals surface area contributed by atoms with Crippen LogP contribution in [0.25, 0.3) is 0 Å². The normalized spacial score (nSPS) is 8.42. The second-order valence-electron chi connectivity index (χ2n) is 2.10. The molecule has 3 heteroatoms. The second-order valence-corrected chi connectivity index (χ2v) is 2.10. The molecule has 0 radical (unpaired) electrons. The minimum Gasteiger partial charge on any atom is -0.507 e. The molecule has 1 rings (SSSR count). The van der Waals surface area contributed by atoms with Crippen LogP contribution in [0.5, 0.6) is 5.75 Å². The zero-order chi connectivity index (χ0) is 8.27. The van der Waals surface area contributed by atoms with Crippen molar-refractivity contribution in [3.8, 4) is 5.75 Å². The van der Waals surface area contributed by atoms with E-state index in [-0.39, 0.29) is 19.1 Å². The van der Waals surface area contributed by atoms with Gasteiger partial charge in [0.15, 0.2) is 0 Å². The standard InChI is InChI=1S/C8H9NO2.CH4/c1-9-8(11)6-4-2-3-5-7(6)10;/h2-5,10H,1H3,(H,9,11);1H4. The highest BCUT2D eigenvalue weighted by Gasteiger charge is 2.06. The van der Waals surface area contributed by atoms with Gasteiger partial charge in [-0.3, -0.25) is 4.79 Å². The van der Waals surface area contributed by atoms with Crippen LogP contribution in [0.3, 0.4) is 0 Å². The summed E-state index contributed by atoms with van der Waals surface area (Å²) in [6.07, 6.45) is 0. The maximum atomic E-state index is 11.0. The molecule has 0 bridgehead atoms.